The predicted molar refractivity (Wildman–Crippen MR) is 67.8 cm³/mol. The molecule has 1 aliphatic heterocycles. The van der Waals surface area contributed by atoms with Gasteiger partial charge in [-0.1, -0.05) is 18.2 Å². The highest BCUT2D eigenvalue weighted by atomic mass is 19.1. The Morgan fingerprint density at radius 1 is 1.42 bits per heavy atom. The average molecular weight is 263 g/mol. The molecule has 0 saturated heterocycles. The number of carbonyl (C=O) groups excluding carboxylic acids is 2. The third-order valence-electron chi connectivity index (χ3n) is 2.88. The standard InChI is InChI=1S/C13H14FN3O2/c1-13(2,8-5-3-4-6-9(8)14)15-12(19)10-7-11(18)17-16-10/h3-6H,7H2,1-2H3,(H,15,19)(H,17,18). The fraction of sp³-hybridized carbons (Fsp3) is 0.308. The van der Waals surface area contributed by atoms with Crippen molar-refractivity contribution in [1.82, 2.24) is 10.7 Å². The molecule has 6 heteroatoms. The average Bonchev–Trinajstić information content (AvgIpc) is 2.76. The zero-order valence-corrected chi connectivity index (χ0v) is 10.7. The first kappa shape index (κ1) is 13.2. The van der Waals surface area contributed by atoms with Crippen LogP contribution in [0.5, 0.6) is 0 Å². The van der Waals surface area contributed by atoms with Gasteiger partial charge >= 0.3 is 0 Å². The molecule has 2 amide bonds. The molecule has 1 aromatic carbocycles. The Bertz CT molecular complexity index is 567. The van der Waals surface area contributed by atoms with Crippen molar-refractivity contribution >= 4 is 17.5 Å². The largest absolute Gasteiger partial charge is 0.342 e. The van der Waals surface area contributed by atoms with Crippen LogP contribution in [0.3, 0.4) is 0 Å². The number of benzene rings is 1. The number of amides is 2. The normalized spacial score (nSPS) is 14.9. The van der Waals surface area contributed by atoms with Crippen LogP contribution >= 0.6 is 0 Å². The van der Waals surface area contributed by atoms with Gasteiger partial charge in [0.1, 0.15) is 11.5 Å². The van der Waals surface area contributed by atoms with Crippen molar-refractivity contribution in [3.8, 4) is 0 Å². The first-order chi connectivity index (χ1) is 8.90. The highest BCUT2D eigenvalue weighted by Gasteiger charge is 2.29. The number of rotatable bonds is 3. The van der Waals surface area contributed by atoms with Crippen LogP contribution in [-0.2, 0) is 15.1 Å². The van der Waals surface area contributed by atoms with E-state index in [1.165, 1.54) is 6.07 Å². The monoisotopic (exact) mass is 263 g/mol. The van der Waals surface area contributed by atoms with E-state index in [2.05, 4.69) is 15.8 Å². The molecule has 2 N–H and O–H groups in total. The van der Waals surface area contributed by atoms with E-state index in [0.717, 1.165) is 0 Å². The van der Waals surface area contributed by atoms with Crippen LogP contribution in [0, 0.1) is 5.82 Å². The first-order valence-corrected chi connectivity index (χ1v) is 5.83. The molecule has 100 valence electrons. The van der Waals surface area contributed by atoms with Crippen LogP contribution in [0.25, 0.3) is 0 Å². The molecule has 0 aliphatic carbocycles. The molecule has 0 aromatic heterocycles. The lowest BCUT2D eigenvalue weighted by Gasteiger charge is -2.27. The molecule has 0 saturated carbocycles. The van der Waals surface area contributed by atoms with Gasteiger partial charge in [0.05, 0.1) is 12.0 Å². The second kappa shape index (κ2) is 4.79. The van der Waals surface area contributed by atoms with E-state index < -0.39 is 17.3 Å². The molecule has 2 rings (SSSR count). The summed E-state index contributed by atoms with van der Waals surface area (Å²) in [4.78, 5) is 22.9. The Morgan fingerprint density at radius 3 is 2.68 bits per heavy atom. The van der Waals surface area contributed by atoms with E-state index in [4.69, 9.17) is 0 Å². The number of hydrogen-bond donors (Lipinski definition) is 2. The highest BCUT2D eigenvalue weighted by molar-refractivity contribution is 6.43. The Labute approximate surface area is 109 Å². The van der Waals surface area contributed by atoms with Gasteiger partial charge in [0, 0.05) is 5.56 Å². The van der Waals surface area contributed by atoms with E-state index in [1.54, 1.807) is 32.0 Å². The minimum absolute atomic E-state index is 0.0564. The molecule has 1 heterocycles. The number of nitrogens with one attached hydrogen (secondary N) is 2. The summed E-state index contributed by atoms with van der Waals surface area (Å²) in [5, 5.41) is 6.30. The SMILES string of the molecule is CC(C)(NC(=O)C1=NNC(=O)C1)c1ccccc1F. The molecule has 0 spiro atoms. The molecule has 0 unspecified atom stereocenters. The summed E-state index contributed by atoms with van der Waals surface area (Å²) >= 11 is 0. The van der Waals surface area contributed by atoms with Crippen molar-refractivity contribution in [2.24, 2.45) is 5.10 Å². The zero-order valence-electron chi connectivity index (χ0n) is 10.7. The number of hydrogen-bond acceptors (Lipinski definition) is 3. The number of hydrazone groups is 1. The predicted octanol–water partition coefficient (Wildman–Crippen LogP) is 1.05. The van der Waals surface area contributed by atoms with E-state index in [9.17, 15) is 14.0 Å². The Balaban J connectivity index is 2.16. The van der Waals surface area contributed by atoms with Gasteiger partial charge in [-0.3, -0.25) is 9.59 Å². The van der Waals surface area contributed by atoms with Gasteiger partial charge < -0.3 is 5.32 Å². The molecule has 19 heavy (non-hydrogen) atoms. The summed E-state index contributed by atoms with van der Waals surface area (Å²) in [6.07, 6.45) is -0.0564. The smallest absolute Gasteiger partial charge is 0.268 e. The molecule has 5 nitrogen and oxygen atoms in total. The first-order valence-electron chi connectivity index (χ1n) is 5.83. The third kappa shape index (κ3) is 2.78. The van der Waals surface area contributed by atoms with Crippen LogP contribution in [0.4, 0.5) is 4.39 Å². The molecule has 1 aliphatic rings. The maximum absolute atomic E-state index is 13.7. The number of carbonyl (C=O) groups is 2. The van der Waals surface area contributed by atoms with Crippen LogP contribution in [0.1, 0.15) is 25.8 Å². The lowest BCUT2D eigenvalue weighted by atomic mass is 9.93. The summed E-state index contributed by atoms with van der Waals surface area (Å²) in [5.74, 6) is -1.20. The van der Waals surface area contributed by atoms with Crippen LogP contribution in [0.2, 0.25) is 0 Å². The topological polar surface area (TPSA) is 70.6 Å². The summed E-state index contributed by atoms with van der Waals surface area (Å²) < 4.78 is 13.7. The highest BCUT2D eigenvalue weighted by Crippen LogP contribution is 2.22. The van der Waals surface area contributed by atoms with Crippen molar-refractivity contribution in [2.75, 3.05) is 0 Å². The van der Waals surface area contributed by atoms with E-state index >= 15 is 0 Å². The minimum Gasteiger partial charge on any atom is -0.342 e. The van der Waals surface area contributed by atoms with Crippen molar-refractivity contribution in [1.29, 1.82) is 0 Å². The maximum Gasteiger partial charge on any atom is 0.268 e. The van der Waals surface area contributed by atoms with Crippen molar-refractivity contribution in [3.05, 3.63) is 35.6 Å². The molecule has 0 radical (unpaired) electrons. The number of halogens is 1. The molecular formula is C13H14FN3O2. The molecule has 0 fully saturated rings. The van der Waals surface area contributed by atoms with Gasteiger partial charge in [-0.05, 0) is 19.9 Å². The van der Waals surface area contributed by atoms with Gasteiger partial charge in [-0.2, -0.15) is 5.10 Å². The summed E-state index contributed by atoms with van der Waals surface area (Å²) in [6.45, 7) is 3.38. The second-order valence-corrected chi connectivity index (χ2v) is 4.83. The van der Waals surface area contributed by atoms with E-state index in [1.807, 2.05) is 0 Å². The summed E-state index contributed by atoms with van der Waals surface area (Å²) in [5.41, 5.74) is 1.79. The van der Waals surface area contributed by atoms with Crippen LogP contribution in [0.15, 0.2) is 29.4 Å². The molecule has 0 atom stereocenters. The van der Waals surface area contributed by atoms with Gasteiger partial charge in [-0.15, -0.1) is 0 Å². The van der Waals surface area contributed by atoms with Gasteiger partial charge in [0.2, 0.25) is 5.91 Å². The van der Waals surface area contributed by atoms with Gasteiger partial charge in [-0.25, -0.2) is 9.82 Å². The lowest BCUT2D eigenvalue weighted by Crippen LogP contribution is -2.44. The van der Waals surface area contributed by atoms with Crippen molar-refractivity contribution in [2.45, 2.75) is 25.8 Å². The van der Waals surface area contributed by atoms with E-state index in [0.29, 0.717) is 5.56 Å². The minimum atomic E-state index is -0.892. The van der Waals surface area contributed by atoms with E-state index in [-0.39, 0.29) is 18.0 Å². The fourth-order valence-electron chi connectivity index (χ4n) is 1.88. The Hall–Kier alpha value is -2.24. The van der Waals surface area contributed by atoms with Crippen molar-refractivity contribution < 1.29 is 14.0 Å². The molecular weight excluding hydrogens is 249 g/mol. The Morgan fingerprint density at radius 2 is 2.11 bits per heavy atom. The van der Waals surface area contributed by atoms with Gasteiger partial charge in [0.15, 0.2) is 0 Å². The fourth-order valence-corrected chi connectivity index (χ4v) is 1.88. The second-order valence-electron chi connectivity index (χ2n) is 4.83. The lowest BCUT2D eigenvalue weighted by molar-refractivity contribution is -0.120. The number of nitrogens with zero attached hydrogens (tertiary/aromatic N) is 1. The van der Waals surface area contributed by atoms with Crippen LogP contribution in [-0.4, -0.2) is 17.5 Å². The zero-order chi connectivity index (χ0) is 14.0. The summed E-state index contributed by atoms with van der Waals surface area (Å²) in [6, 6.07) is 6.22. The molecule has 1 aromatic rings. The quantitative estimate of drug-likeness (QED) is 0.855. The Kier molecular flexibility index (Phi) is 3.33. The summed E-state index contributed by atoms with van der Waals surface area (Å²) in [7, 11) is 0. The van der Waals surface area contributed by atoms with Gasteiger partial charge in [0.25, 0.3) is 5.91 Å². The maximum atomic E-state index is 13.7. The van der Waals surface area contributed by atoms with Crippen molar-refractivity contribution in [3.63, 3.8) is 0 Å². The van der Waals surface area contributed by atoms with Crippen LogP contribution < -0.4 is 10.7 Å². The third-order valence-corrected chi connectivity index (χ3v) is 2.88. The molecule has 0 bridgehead atoms.